The van der Waals surface area contributed by atoms with E-state index in [0.717, 1.165) is 29.2 Å². The molecule has 2 N–H and O–H groups in total. The fourth-order valence-corrected chi connectivity index (χ4v) is 4.91. The van der Waals surface area contributed by atoms with Crippen LogP contribution in [-0.2, 0) is 16.6 Å². The number of sulfonamides is 1. The molecule has 0 aromatic carbocycles. The Balaban J connectivity index is 1.94. The summed E-state index contributed by atoms with van der Waals surface area (Å²) in [4.78, 5) is 1.13. The van der Waals surface area contributed by atoms with Gasteiger partial charge in [-0.1, -0.05) is 0 Å². The van der Waals surface area contributed by atoms with Gasteiger partial charge < -0.3 is 5.32 Å². The first-order chi connectivity index (χ1) is 9.53. The highest BCUT2D eigenvalue weighted by Crippen LogP contribution is 2.27. The van der Waals surface area contributed by atoms with Gasteiger partial charge in [0, 0.05) is 24.0 Å². The summed E-state index contributed by atoms with van der Waals surface area (Å²) >= 11 is 3.11. The fraction of sp³-hybridized carbons (Fsp3) is 0.692. The Morgan fingerprint density at radius 2 is 2.20 bits per heavy atom. The first-order valence-electron chi connectivity index (χ1n) is 6.84. The molecule has 1 fully saturated rings. The Kier molecular flexibility index (Phi) is 5.92. The second kappa shape index (κ2) is 7.26. The molecule has 4 nitrogen and oxygen atoms in total. The van der Waals surface area contributed by atoms with Crippen LogP contribution in [0.4, 0.5) is 0 Å². The Hall–Kier alpha value is -0.0800. The van der Waals surface area contributed by atoms with E-state index < -0.39 is 10.0 Å². The molecule has 0 amide bonds. The van der Waals surface area contributed by atoms with E-state index in [0.29, 0.717) is 16.8 Å². The largest absolute Gasteiger partial charge is 0.309 e. The van der Waals surface area contributed by atoms with Gasteiger partial charge in [-0.05, 0) is 49.8 Å². The molecule has 0 bridgehead atoms. The molecule has 1 aliphatic rings. The Bertz CT molecular complexity index is 536. The summed E-state index contributed by atoms with van der Waals surface area (Å²) in [6.45, 7) is 3.27. The zero-order chi connectivity index (χ0) is 14.6. The van der Waals surface area contributed by atoms with Gasteiger partial charge in [0.25, 0.3) is 0 Å². The molecule has 2 rings (SSSR count). The molecule has 20 heavy (non-hydrogen) atoms. The molecule has 7 heteroatoms. The SMILES string of the molecule is CSCCCNS(=O)(=O)c1cc(C)c(CNC2CC2)s1. The number of hydrogen-bond acceptors (Lipinski definition) is 5. The lowest BCUT2D eigenvalue weighted by molar-refractivity contribution is 0.583. The van der Waals surface area contributed by atoms with E-state index in [1.165, 1.54) is 24.2 Å². The van der Waals surface area contributed by atoms with Crippen molar-refractivity contribution < 1.29 is 8.42 Å². The molecule has 1 heterocycles. The van der Waals surface area contributed by atoms with Crippen LogP contribution in [0, 0.1) is 6.92 Å². The number of hydrogen-bond donors (Lipinski definition) is 2. The van der Waals surface area contributed by atoms with Crippen molar-refractivity contribution in [1.82, 2.24) is 10.0 Å². The maximum Gasteiger partial charge on any atom is 0.250 e. The molecule has 1 aromatic rings. The van der Waals surface area contributed by atoms with E-state index in [1.807, 2.05) is 13.2 Å². The first kappa shape index (κ1) is 16.3. The average Bonchev–Trinajstić information content (AvgIpc) is 3.15. The average molecular weight is 335 g/mol. The quantitative estimate of drug-likeness (QED) is 0.681. The predicted octanol–water partition coefficient (Wildman–Crippen LogP) is 2.34. The predicted molar refractivity (Wildman–Crippen MR) is 87.1 cm³/mol. The van der Waals surface area contributed by atoms with Crippen LogP contribution >= 0.6 is 23.1 Å². The van der Waals surface area contributed by atoms with Crippen LogP contribution in [-0.4, -0.2) is 33.0 Å². The minimum absolute atomic E-state index is 0.437. The Morgan fingerprint density at radius 1 is 1.45 bits per heavy atom. The molecular formula is C13H22N2O2S3. The van der Waals surface area contributed by atoms with E-state index in [1.54, 1.807) is 17.8 Å². The van der Waals surface area contributed by atoms with Gasteiger partial charge in [-0.2, -0.15) is 11.8 Å². The van der Waals surface area contributed by atoms with Crippen LogP contribution in [0.25, 0.3) is 0 Å². The van der Waals surface area contributed by atoms with Gasteiger partial charge in [0.1, 0.15) is 4.21 Å². The van der Waals surface area contributed by atoms with Crippen LogP contribution in [0.2, 0.25) is 0 Å². The fourth-order valence-electron chi connectivity index (χ4n) is 1.82. The van der Waals surface area contributed by atoms with Crippen molar-refractivity contribution in [2.75, 3.05) is 18.6 Å². The van der Waals surface area contributed by atoms with Crippen molar-refractivity contribution in [3.63, 3.8) is 0 Å². The minimum atomic E-state index is -3.33. The zero-order valence-corrected chi connectivity index (χ0v) is 14.4. The summed E-state index contributed by atoms with van der Waals surface area (Å²) in [6, 6.07) is 2.42. The second-order valence-corrected chi connectivity index (χ2v) is 9.19. The summed E-state index contributed by atoms with van der Waals surface area (Å²) in [5.41, 5.74) is 1.06. The number of thioether (sulfide) groups is 1. The van der Waals surface area contributed by atoms with E-state index in [4.69, 9.17) is 0 Å². The standard InChI is InChI=1S/C13H22N2O2S3/c1-10-8-13(19-12(10)9-14-11-4-5-11)20(16,17)15-6-3-7-18-2/h8,11,14-15H,3-7,9H2,1-2H3. The van der Waals surface area contributed by atoms with Gasteiger partial charge in [-0.25, -0.2) is 13.1 Å². The van der Waals surface area contributed by atoms with E-state index >= 15 is 0 Å². The molecule has 0 aliphatic heterocycles. The molecule has 1 aliphatic carbocycles. The number of thiophene rings is 1. The molecule has 114 valence electrons. The zero-order valence-electron chi connectivity index (χ0n) is 11.9. The number of rotatable bonds is 9. The highest BCUT2D eigenvalue weighted by atomic mass is 32.2. The van der Waals surface area contributed by atoms with Crippen LogP contribution < -0.4 is 10.0 Å². The third kappa shape index (κ3) is 4.73. The summed E-state index contributed by atoms with van der Waals surface area (Å²) < 4.78 is 27.5. The first-order valence-corrected chi connectivity index (χ1v) is 10.5. The molecule has 0 spiro atoms. The second-order valence-electron chi connectivity index (χ2n) is 5.07. The molecule has 0 radical (unpaired) electrons. The maximum absolute atomic E-state index is 12.2. The lowest BCUT2D eigenvalue weighted by Crippen LogP contribution is -2.24. The minimum Gasteiger partial charge on any atom is -0.309 e. The van der Waals surface area contributed by atoms with E-state index in [9.17, 15) is 8.42 Å². The van der Waals surface area contributed by atoms with Crippen molar-refractivity contribution in [2.24, 2.45) is 0 Å². The summed E-state index contributed by atoms with van der Waals surface area (Å²) in [5.74, 6) is 0.975. The summed E-state index contributed by atoms with van der Waals surface area (Å²) in [5, 5.41) is 3.43. The normalized spacial score (nSPS) is 15.7. The van der Waals surface area contributed by atoms with Gasteiger partial charge in [-0.3, -0.25) is 0 Å². The van der Waals surface area contributed by atoms with Crippen LogP contribution in [0.15, 0.2) is 10.3 Å². The van der Waals surface area contributed by atoms with Crippen molar-refractivity contribution >= 4 is 33.1 Å². The lowest BCUT2D eigenvalue weighted by atomic mass is 10.3. The lowest BCUT2D eigenvalue weighted by Gasteiger charge is -2.03. The third-order valence-corrected chi connectivity index (χ3v) is 7.08. The molecule has 1 aromatic heterocycles. The highest BCUT2D eigenvalue weighted by molar-refractivity contribution is 7.98. The van der Waals surface area contributed by atoms with Gasteiger partial charge in [0.15, 0.2) is 0 Å². The molecule has 0 atom stereocenters. The van der Waals surface area contributed by atoms with E-state index in [2.05, 4.69) is 10.0 Å². The summed E-state index contributed by atoms with van der Waals surface area (Å²) in [7, 11) is -3.33. The van der Waals surface area contributed by atoms with Crippen LogP contribution in [0.3, 0.4) is 0 Å². The topological polar surface area (TPSA) is 58.2 Å². The maximum atomic E-state index is 12.2. The van der Waals surface area contributed by atoms with Crippen molar-refractivity contribution in [3.05, 3.63) is 16.5 Å². The van der Waals surface area contributed by atoms with Crippen molar-refractivity contribution in [3.8, 4) is 0 Å². The van der Waals surface area contributed by atoms with Gasteiger partial charge in [0.05, 0.1) is 0 Å². The monoisotopic (exact) mass is 334 g/mol. The molecule has 0 unspecified atom stereocenters. The van der Waals surface area contributed by atoms with E-state index in [-0.39, 0.29) is 0 Å². The Labute approximate surface area is 129 Å². The van der Waals surface area contributed by atoms with Crippen LogP contribution in [0.1, 0.15) is 29.7 Å². The van der Waals surface area contributed by atoms with Crippen molar-refractivity contribution in [1.29, 1.82) is 0 Å². The van der Waals surface area contributed by atoms with Gasteiger partial charge in [-0.15, -0.1) is 11.3 Å². The summed E-state index contributed by atoms with van der Waals surface area (Å²) in [6.07, 6.45) is 5.37. The van der Waals surface area contributed by atoms with Gasteiger partial charge >= 0.3 is 0 Å². The molecule has 0 saturated heterocycles. The van der Waals surface area contributed by atoms with Gasteiger partial charge in [0.2, 0.25) is 10.0 Å². The number of nitrogens with one attached hydrogen (secondary N) is 2. The van der Waals surface area contributed by atoms with Crippen molar-refractivity contribution in [2.45, 2.75) is 43.0 Å². The smallest absolute Gasteiger partial charge is 0.250 e. The third-order valence-electron chi connectivity index (χ3n) is 3.21. The highest BCUT2D eigenvalue weighted by Gasteiger charge is 2.22. The molecule has 1 saturated carbocycles. The Morgan fingerprint density at radius 3 is 2.85 bits per heavy atom. The number of aryl methyl sites for hydroxylation is 1. The van der Waals surface area contributed by atoms with Crippen LogP contribution in [0.5, 0.6) is 0 Å². The molecular weight excluding hydrogens is 312 g/mol.